The number of rotatable bonds is 6. The van der Waals surface area contributed by atoms with Gasteiger partial charge in [-0.25, -0.2) is 4.79 Å². The third-order valence-electron chi connectivity index (χ3n) is 4.07. The largest absolute Gasteiger partial charge is 0.496 e. The molecular weight excluding hydrogens is 318 g/mol. The van der Waals surface area contributed by atoms with Crippen LogP contribution in [0.4, 0.5) is 0 Å². The third kappa shape index (κ3) is 4.83. The van der Waals surface area contributed by atoms with Gasteiger partial charge in [0.2, 0.25) is 0 Å². The van der Waals surface area contributed by atoms with Gasteiger partial charge in [-0.2, -0.15) is 0 Å². The van der Waals surface area contributed by atoms with Crippen molar-refractivity contribution in [2.24, 2.45) is 0 Å². The third-order valence-corrected chi connectivity index (χ3v) is 4.07. The van der Waals surface area contributed by atoms with Gasteiger partial charge in [-0.3, -0.25) is 4.79 Å². The Morgan fingerprint density at radius 2 is 1.76 bits per heavy atom. The smallest absolute Gasteiger partial charge is 0.338 e. The summed E-state index contributed by atoms with van der Waals surface area (Å²) >= 11 is 0. The first-order chi connectivity index (χ1) is 11.9. The predicted molar refractivity (Wildman–Crippen MR) is 95.7 cm³/mol. The zero-order chi connectivity index (χ0) is 18.4. The standard InChI is InChI=1S/C20H23NO4/c1-14-7-5-6-8-17(14)12-21(3)19(22)13-25-20(23)16-10-9-15(2)18(11-16)24-4/h5-11H,12-13H2,1-4H3. The van der Waals surface area contributed by atoms with Crippen molar-refractivity contribution < 1.29 is 19.1 Å². The van der Waals surface area contributed by atoms with Gasteiger partial charge in [-0.05, 0) is 42.7 Å². The molecule has 25 heavy (non-hydrogen) atoms. The number of carbonyl (C=O) groups is 2. The minimum atomic E-state index is -0.545. The summed E-state index contributed by atoms with van der Waals surface area (Å²) in [6, 6.07) is 12.9. The van der Waals surface area contributed by atoms with Crippen molar-refractivity contribution in [1.29, 1.82) is 0 Å². The number of amides is 1. The molecule has 2 aromatic rings. The number of carbonyl (C=O) groups excluding carboxylic acids is 2. The summed E-state index contributed by atoms with van der Waals surface area (Å²) < 4.78 is 10.3. The maximum absolute atomic E-state index is 12.2. The van der Waals surface area contributed by atoms with Crippen molar-refractivity contribution in [2.45, 2.75) is 20.4 Å². The van der Waals surface area contributed by atoms with Crippen molar-refractivity contribution >= 4 is 11.9 Å². The summed E-state index contributed by atoms with van der Waals surface area (Å²) in [6.07, 6.45) is 0. The lowest BCUT2D eigenvalue weighted by molar-refractivity contribution is -0.133. The Morgan fingerprint density at radius 3 is 2.44 bits per heavy atom. The monoisotopic (exact) mass is 341 g/mol. The number of benzene rings is 2. The normalized spacial score (nSPS) is 10.2. The quantitative estimate of drug-likeness (QED) is 0.758. The maximum Gasteiger partial charge on any atom is 0.338 e. The average molecular weight is 341 g/mol. The molecule has 0 aromatic heterocycles. The molecule has 0 heterocycles. The molecule has 2 rings (SSSR count). The molecule has 0 spiro atoms. The number of ether oxygens (including phenoxy) is 2. The molecule has 0 fully saturated rings. The number of likely N-dealkylation sites (N-methyl/N-ethyl adjacent to an activating group) is 1. The molecule has 1 amide bonds. The van der Waals surface area contributed by atoms with Crippen molar-refractivity contribution in [3.05, 3.63) is 64.7 Å². The number of aryl methyl sites for hydroxylation is 2. The summed E-state index contributed by atoms with van der Waals surface area (Å²) in [4.78, 5) is 25.9. The number of hydrogen-bond donors (Lipinski definition) is 0. The molecule has 0 aliphatic carbocycles. The maximum atomic E-state index is 12.2. The molecule has 0 atom stereocenters. The van der Waals surface area contributed by atoms with Crippen LogP contribution in [-0.4, -0.2) is 37.5 Å². The minimum Gasteiger partial charge on any atom is -0.496 e. The lowest BCUT2D eigenvalue weighted by Crippen LogP contribution is -2.31. The van der Waals surface area contributed by atoms with Crippen LogP contribution in [0.1, 0.15) is 27.0 Å². The molecule has 5 nitrogen and oxygen atoms in total. The lowest BCUT2D eigenvalue weighted by Gasteiger charge is -2.18. The van der Waals surface area contributed by atoms with E-state index in [1.807, 2.05) is 38.1 Å². The van der Waals surface area contributed by atoms with Crippen LogP contribution in [0.2, 0.25) is 0 Å². The van der Waals surface area contributed by atoms with E-state index in [-0.39, 0.29) is 12.5 Å². The Morgan fingerprint density at radius 1 is 1.04 bits per heavy atom. The second-order valence-corrected chi connectivity index (χ2v) is 5.94. The summed E-state index contributed by atoms with van der Waals surface area (Å²) in [5, 5.41) is 0. The van der Waals surface area contributed by atoms with E-state index in [0.29, 0.717) is 17.9 Å². The van der Waals surface area contributed by atoms with Crippen molar-refractivity contribution in [3.63, 3.8) is 0 Å². The minimum absolute atomic E-state index is 0.254. The van der Waals surface area contributed by atoms with Gasteiger partial charge < -0.3 is 14.4 Å². The molecule has 0 saturated heterocycles. The Kier molecular flexibility index (Phi) is 6.17. The highest BCUT2D eigenvalue weighted by atomic mass is 16.5. The van der Waals surface area contributed by atoms with Crippen molar-refractivity contribution in [2.75, 3.05) is 20.8 Å². The van der Waals surface area contributed by atoms with E-state index in [2.05, 4.69) is 0 Å². The molecule has 132 valence electrons. The topological polar surface area (TPSA) is 55.8 Å². The van der Waals surface area contributed by atoms with Crippen LogP contribution in [-0.2, 0) is 16.1 Å². The molecule has 0 radical (unpaired) electrons. The molecule has 0 N–H and O–H groups in total. The molecule has 0 saturated carbocycles. The highest BCUT2D eigenvalue weighted by molar-refractivity contribution is 5.91. The Labute approximate surface area is 148 Å². The second-order valence-electron chi connectivity index (χ2n) is 5.94. The zero-order valence-electron chi connectivity index (χ0n) is 15.0. The fourth-order valence-electron chi connectivity index (χ4n) is 2.40. The highest BCUT2D eigenvalue weighted by Gasteiger charge is 2.15. The van der Waals surface area contributed by atoms with E-state index in [1.54, 1.807) is 37.3 Å². The first-order valence-electron chi connectivity index (χ1n) is 8.02. The average Bonchev–Trinajstić information content (AvgIpc) is 2.61. The lowest BCUT2D eigenvalue weighted by atomic mass is 10.1. The van der Waals surface area contributed by atoms with Gasteiger partial charge in [-0.15, -0.1) is 0 Å². The molecule has 0 aliphatic rings. The van der Waals surface area contributed by atoms with Crippen molar-refractivity contribution in [3.8, 4) is 5.75 Å². The van der Waals surface area contributed by atoms with Crippen LogP contribution in [0.25, 0.3) is 0 Å². The second kappa shape index (κ2) is 8.33. The number of nitrogens with zero attached hydrogens (tertiary/aromatic N) is 1. The predicted octanol–water partition coefficient (Wildman–Crippen LogP) is 3.13. The first-order valence-corrected chi connectivity index (χ1v) is 8.02. The van der Waals surface area contributed by atoms with Gasteiger partial charge in [0.15, 0.2) is 6.61 Å². The van der Waals surface area contributed by atoms with E-state index in [0.717, 1.165) is 16.7 Å². The van der Waals surface area contributed by atoms with Gasteiger partial charge >= 0.3 is 5.97 Å². The Bertz CT molecular complexity index is 770. The van der Waals surface area contributed by atoms with Crippen LogP contribution in [0.15, 0.2) is 42.5 Å². The zero-order valence-corrected chi connectivity index (χ0v) is 15.0. The van der Waals surface area contributed by atoms with Crippen LogP contribution in [0.3, 0.4) is 0 Å². The molecular formula is C20H23NO4. The van der Waals surface area contributed by atoms with Crippen LogP contribution in [0.5, 0.6) is 5.75 Å². The molecule has 2 aromatic carbocycles. The van der Waals surface area contributed by atoms with Gasteiger partial charge in [0.25, 0.3) is 5.91 Å². The number of esters is 1. The Hall–Kier alpha value is -2.82. The molecule has 5 heteroatoms. The van der Waals surface area contributed by atoms with Gasteiger partial charge in [0, 0.05) is 13.6 Å². The molecule has 0 aliphatic heterocycles. The molecule has 0 unspecified atom stereocenters. The number of methoxy groups -OCH3 is 1. The SMILES string of the molecule is COc1cc(C(=O)OCC(=O)N(C)Cc2ccccc2C)ccc1C. The van der Waals surface area contributed by atoms with Crippen molar-refractivity contribution in [1.82, 2.24) is 4.90 Å². The number of hydrogen-bond acceptors (Lipinski definition) is 4. The Balaban J connectivity index is 1.92. The van der Waals surface area contributed by atoms with Crippen LogP contribution >= 0.6 is 0 Å². The van der Waals surface area contributed by atoms with E-state index in [1.165, 1.54) is 0 Å². The van der Waals surface area contributed by atoms with Gasteiger partial charge in [0.05, 0.1) is 12.7 Å². The van der Waals surface area contributed by atoms with E-state index >= 15 is 0 Å². The summed E-state index contributed by atoms with van der Waals surface area (Å²) in [5.74, 6) is -0.191. The molecule has 0 bridgehead atoms. The van der Waals surface area contributed by atoms with E-state index in [9.17, 15) is 9.59 Å². The first kappa shape index (κ1) is 18.5. The van der Waals surface area contributed by atoms with Crippen LogP contribution in [0, 0.1) is 13.8 Å². The fourth-order valence-corrected chi connectivity index (χ4v) is 2.40. The van der Waals surface area contributed by atoms with Crippen LogP contribution < -0.4 is 4.74 Å². The summed E-state index contributed by atoms with van der Waals surface area (Å²) in [5.41, 5.74) is 3.46. The summed E-state index contributed by atoms with van der Waals surface area (Å²) in [6.45, 7) is 4.06. The van der Waals surface area contributed by atoms with Gasteiger partial charge in [0.1, 0.15) is 5.75 Å². The summed E-state index contributed by atoms with van der Waals surface area (Å²) in [7, 11) is 3.24. The highest BCUT2D eigenvalue weighted by Crippen LogP contribution is 2.19. The van der Waals surface area contributed by atoms with Gasteiger partial charge in [-0.1, -0.05) is 30.3 Å². The van der Waals surface area contributed by atoms with E-state index < -0.39 is 5.97 Å². The fraction of sp³-hybridized carbons (Fsp3) is 0.300. The van der Waals surface area contributed by atoms with E-state index in [4.69, 9.17) is 9.47 Å².